The Kier molecular flexibility index (Phi) is 6.25. The second-order valence-corrected chi connectivity index (χ2v) is 7.82. The van der Waals surface area contributed by atoms with E-state index < -0.39 is 0 Å². The van der Waals surface area contributed by atoms with Gasteiger partial charge in [-0.3, -0.25) is 0 Å². The Hall–Kier alpha value is -1.64. The fourth-order valence-corrected chi connectivity index (χ4v) is 4.91. The highest BCUT2D eigenvalue weighted by Crippen LogP contribution is 2.42. The Morgan fingerprint density at radius 2 is 0.913 bits per heavy atom. The fraction of sp³-hybridized carbons (Fsp3) is 0.143. The lowest BCUT2D eigenvalue weighted by Gasteiger charge is -2.17. The molecule has 0 aliphatic rings. The summed E-state index contributed by atoms with van der Waals surface area (Å²) < 4.78 is 0.455. The maximum atomic E-state index is 2.24. The lowest BCUT2D eigenvalue weighted by molar-refractivity contribution is 1.32. The van der Waals surface area contributed by atoms with E-state index in [1.807, 2.05) is 23.5 Å². The van der Waals surface area contributed by atoms with Crippen molar-refractivity contribution in [3.8, 4) is 0 Å². The molecule has 0 fully saturated rings. The van der Waals surface area contributed by atoms with Gasteiger partial charge in [0.25, 0.3) is 0 Å². The van der Waals surface area contributed by atoms with Crippen LogP contribution in [0.15, 0.2) is 91.0 Å². The van der Waals surface area contributed by atoms with E-state index in [4.69, 9.17) is 0 Å². The van der Waals surface area contributed by atoms with E-state index in [9.17, 15) is 0 Å². The van der Waals surface area contributed by atoms with Crippen molar-refractivity contribution in [1.82, 2.24) is 0 Å². The first-order chi connectivity index (χ1) is 11.4. The first kappa shape index (κ1) is 16.2. The normalized spacial score (nSPS) is 10.8. The highest BCUT2D eigenvalue weighted by molar-refractivity contribution is 8.15. The third-order valence-electron chi connectivity index (χ3n) is 3.56. The fourth-order valence-electron chi connectivity index (χ4n) is 2.34. The lowest BCUT2D eigenvalue weighted by atomic mass is 10.2. The molecule has 0 amide bonds. The molecule has 116 valence electrons. The lowest BCUT2D eigenvalue weighted by Crippen LogP contribution is -1.92. The summed E-state index contributed by atoms with van der Waals surface area (Å²) in [5.41, 5.74) is 4.17. The van der Waals surface area contributed by atoms with Gasteiger partial charge >= 0.3 is 0 Å². The van der Waals surface area contributed by atoms with Crippen LogP contribution in [0.1, 0.15) is 21.3 Å². The molecule has 3 aromatic carbocycles. The average Bonchev–Trinajstić information content (AvgIpc) is 2.64. The zero-order chi connectivity index (χ0) is 15.7. The molecule has 0 saturated carbocycles. The van der Waals surface area contributed by atoms with E-state index in [1.54, 1.807) is 0 Å². The molecule has 3 rings (SSSR count). The van der Waals surface area contributed by atoms with Crippen molar-refractivity contribution < 1.29 is 0 Å². The van der Waals surface area contributed by atoms with Crippen LogP contribution in [-0.4, -0.2) is 0 Å². The molecule has 0 heterocycles. The number of hydrogen-bond acceptors (Lipinski definition) is 2. The van der Waals surface area contributed by atoms with E-state index in [1.165, 1.54) is 16.7 Å². The minimum Gasteiger partial charge on any atom is -0.138 e. The van der Waals surface area contributed by atoms with Crippen LogP contribution in [0.2, 0.25) is 0 Å². The third-order valence-corrected chi connectivity index (χ3v) is 6.53. The summed E-state index contributed by atoms with van der Waals surface area (Å²) >= 11 is 4.02. The largest absolute Gasteiger partial charge is 0.138 e. The van der Waals surface area contributed by atoms with Crippen LogP contribution in [0, 0.1) is 0 Å². The molecule has 0 radical (unpaired) electrons. The van der Waals surface area contributed by atoms with Crippen molar-refractivity contribution >= 4 is 23.5 Å². The van der Waals surface area contributed by atoms with Crippen molar-refractivity contribution in [2.75, 3.05) is 0 Å². The van der Waals surface area contributed by atoms with Crippen molar-refractivity contribution in [1.29, 1.82) is 0 Å². The predicted octanol–water partition coefficient (Wildman–Crippen LogP) is 6.55. The number of thioether (sulfide) groups is 2. The van der Waals surface area contributed by atoms with Crippen LogP contribution in [-0.2, 0) is 11.5 Å². The second-order valence-electron chi connectivity index (χ2n) is 5.34. The molecule has 3 aromatic rings. The van der Waals surface area contributed by atoms with E-state index in [0.29, 0.717) is 4.58 Å². The van der Waals surface area contributed by atoms with Gasteiger partial charge in [0, 0.05) is 11.5 Å². The standard InChI is InChI=1S/C21H20S2/c1-4-10-18(11-5-1)16-22-21(20-14-8-3-9-15-20)23-17-19-12-6-2-7-13-19/h1-15,21H,16-17H2. The average molecular weight is 337 g/mol. The molecule has 2 heteroatoms. The summed E-state index contributed by atoms with van der Waals surface area (Å²) in [6.45, 7) is 0. The van der Waals surface area contributed by atoms with Crippen molar-refractivity contribution in [2.24, 2.45) is 0 Å². The first-order valence-corrected chi connectivity index (χ1v) is 9.87. The van der Waals surface area contributed by atoms with Gasteiger partial charge in [-0.2, -0.15) is 0 Å². The van der Waals surface area contributed by atoms with Gasteiger partial charge in [-0.1, -0.05) is 91.0 Å². The summed E-state index contributed by atoms with van der Waals surface area (Å²) in [4.78, 5) is 0. The molecule has 0 aliphatic heterocycles. The van der Waals surface area contributed by atoms with Gasteiger partial charge in [-0.15, -0.1) is 23.5 Å². The van der Waals surface area contributed by atoms with Gasteiger partial charge in [0.2, 0.25) is 0 Å². The van der Waals surface area contributed by atoms with E-state index in [2.05, 4.69) is 91.0 Å². The Morgan fingerprint density at radius 1 is 0.522 bits per heavy atom. The van der Waals surface area contributed by atoms with Gasteiger partial charge in [0.1, 0.15) is 0 Å². The molecule has 0 aromatic heterocycles. The molecule has 0 bridgehead atoms. The number of benzene rings is 3. The van der Waals surface area contributed by atoms with Crippen LogP contribution in [0.4, 0.5) is 0 Å². The highest BCUT2D eigenvalue weighted by Gasteiger charge is 2.13. The molecule has 0 aliphatic carbocycles. The monoisotopic (exact) mass is 336 g/mol. The maximum Gasteiger partial charge on any atom is 0.0757 e. The van der Waals surface area contributed by atoms with Crippen LogP contribution in [0.25, 0.3) is 0 Å². The summed E-state index contributed by atoms with van der Waals surface area (Å²) in [5, 5.41) is 0. The van der Waals surface area contributed by atoms with Gasteiger partial charge < -0.3 is 0 Å². The van der Waals surface area contributed by atoms with Crippen LogP contribution < -0.4 is 0 Å². The molecule has 0 atom stereocenters. The zero-order valence-electron chi connectivity index (χ0n) is 13.0. The second kappa shape index (κ2) is 8.85. The molecular formula is C21H20S2. The Labute approximate surface area is 147 Å². The van der Waals surface area contributed by atoms with E-state index >= 15 is 0 Å². The van der Waals surface area contributed by atoms with E-state index in [-0.39, 0.29) is 0 Å². The zero-order valence-corrected chi connectivity index (χ0v) is 14.6. The molecule has 0 saturated heterocycles. The molecule has 0 spiro atoms. The van der Waals surface area contributed by atoms with Gasteiger partial charge in [0.15, 0.2) is 0 Å². The number of hydrogen-bond donors (Lipinski definition) is 0. The highest BCUT2D eigenvalue weighted by atomic mass is 32.2. The van der Waals surface area contributed by atoms with Crippen LogP contribution >= 0.6 is 23.5 Å². The van der Waals surface area contributed by atoms with Gasteiger partial charge in [0.05, 0.1) is 4.58 Å². The third kappa shape index (κ3) is 5.19. The summed E-state index contributed by atoms with van der Waals surface area (Å²) in [6.07, 6.45) is 0. The topological polar surface area (TPSA) is 0 Å². The minimum atomic E-state index is 0.455. The Bertz CT molecular complexity index is 637. The predicted molar refractivity (Wildman–Crippen MR) is 105 cm³/mol. The van der Waals surface area contributed by atoms with Gasteiger partial charge in [-0.25, -0.2) is 0 Å². The van der Waals surface area contributed by atoms with Crippen molar-refractivity contribution in [2.45, 2.75) is 16.1 Å². The molecule has 0 nitrogen and oxygen atoms in total. The smallest absolute Gasteiger partial charge is 0.0757 e. The SMILES string of the molecule is c1ccc(CSC(SCc2ccccc2)c2ccccc2)cc1. The maximum absolute atomic E-state index is 2.24. The molecule has 0 unspecified atom stereocenters. The summed E-state index contributed by atoms with van der Waals surface area (Å²) in [7, 11) is 0. The molecular weight excluding hydrogens is 316 g/mol. The Morgan fingerprint density at radius 3 is 1.35 bits per heavy atom. The first-order valence-electron chi connectivity index (χ1n) is 7.78. The van der Waals surface area contributed by atoms with Crippen molar-refractivity contribution in [3.05, 3.63) is 108 Å². The molecule has 23 heavy (non-hydrogen) atoms. The number of rotatable bonds is 7. The van der Waals surface area contributed by atoms with Crippen LogP contribution in [0.3, 0.4) is 0 Å². The van der Waals surface area contributed by atoms with Crippen molar-refractivity contribution in [3.63, 3.8) is 0 Å². The van der Waals surface area contributed by atoms with E-state index in [0.717, 1.165) is 11.5 Å². The molecule has 0 N–H and O–H groups in total. The summed E-state index contributed by atoms with van der Waals surface area (Å²) in [6, 6.07) is 32.3. The minimum absolute atomic E-state index is 0.455. The van der Waals surface area contributed by atoms with Gasteiger partial charge in [-0.05, 0) is 16.7 Å². The Balaban J connectivity index is 1.66. The summed E-state index contributed by atoms with van der Waals surface area (Å²) in [5.74, 6) is 2.09. The van der Waals surface area contributed by atoms with Crippen LogP contribution in [0.5, 0.6) is 0 Å². The quantitative estimate of drug-likeness (QED) is 0.449.